The van der Waals surface area contributed by atoms with Gasteiger partial charge in [0.2, 0.25) is 0 Å². The van der Waals surface area contributed by atoms with Crippen molar-refractivity contribution in [2.75, 3.05) is 12.8 Å². The topological polar surface area (TPSA) is 41.9 Å². The number of halogens is 1. The second kappa shape index (κ2) is 6.90. The average molecular weight is 371 g/mol. The molecule has 0 unspecified atom stereocenters. The zero-order chi connectivity index (χ0) is 17.4. The highest BCUT2D eigenvalue weighted by Crippen LogP contribution is 2.25. The van der Waals surface area contributed by atoms with Crippen LogP contribution in [0.1, 0.15) is 22.4 Å². The lowest BCUT2D eigenvalue weighted by atomic mass is 10.1. The summed E-state index contributed by atoms with van der Waals surface area (Å²) in [4.78, 5) is 16.0. The molecule has 4 rings (SSSR count). The number of hydrogen-bond acceptors (Lipinski definition) is 5. The molecule has 3 heterocycles. The van der Waals surface area contributed by atoms with E-state index in [-0.39, 0.29) is 0 Å². The highest BCUT2D eigenvalue weighted by molar-refractivity contribution is 7.98. The molecule has 6 heteroatoms. The molecule has 0 spiro atoms. The van der Waals surface area contributed by atoms with Crippen LogP contribution in [-0.2, 0) is 19.5 Å². The Morgan fingerprint density at radius 1 is 1.24 bits per heavy atom. The minimum Gasteiger partial charge on any atom is -0.294 e. The molecule has 0 radical (unpaired) electrons. The third kappa shape index (κ3) is 3.50. The fourth-order valence-corrected chi connectivity index (χ4v) is 3.82. The fourth-order valence-electron chi connectivity index (χ4n) is 3.26. The fraction of sp³-hybridized carbons (Fsp3) is 0.316. The van der Waals surface area contributed by atoms with Gasteiger partial charge in [0.15, 0.2) is 5.16 Å². The van der Waals surface area contributed by atoms with Gasteiger partial charge in [0.05, 0.1) is 11.2 Å². The molecule has 0 saturated heterocycles. The van der Waals surface area contributed by atoms with Crippen LogP contribution in [0.5, 0.6) is 0 Å². The number of aromatic nitrogens is 3. The molecule has 1 aromatic carbocycles. The first-order valence-corrected chi connectivity index (χ1v) is 9.89. The lowest BCUT2D eigenvalue weighted by molar-refractivity contribution is 0.242. The van der Waals surface area contributed by atoms with Crippen LogP contribution in [0.15, 0.2) is 35.6 Å². The van der Waals surface area contributed by atoms with E-state index in [1.807, 2.05) is 18.5 Å². The van der Waals surface area contributed by atoms with Gasteiger partial charge in [-0.25, -0.2) is 15.0 Å². The Bertz CT molecular complexity index is 944. The summed E-state index contributed by atoms with van der Waals surface area (Å²) >= 11 is 8.02. The summed E-state index contributed by atoms with van der Waals surface area (Å²) in [6.45, 7) is 4.71. The van der Waals surface area contributed by atoms with Crippen molar-refractivity contribution in [1.82, 2.24) is 19.9 Å². The van der Waals surface area contributed by atoms with E-state index in [1.54, 1.807) is 11.8 Å². The standard InChI is InChI=1S/C19H19ClN4S/c1-12-3-4-16-13(7-12)8-14(18(20)22-16)10-24-6-5-17-15(11-24)9-21-19(23-17)25-2/h3-4,7-9H,5-6,10-11H2,1-2H3. The second-order valence-corrected chi connectivity index (χ2v) is 7.56. The van der Waals surface area contributed by atoms with Crippen LogP contribution in [0.3, 0.4) is 0 Å². The normalized spacial score (nSPS) is 14.7. The summed E-state index contributed by atoms with van der Waals surface area (Å²) in [6.07, 6.45) is 4.92. The van der Waals surface area contributed by atoms with Crippen molar-refractivity contribution in [2.45, 2.75) is 31.6 Å². The lowest BCUT2D eigenvalue weighted by Gasteiger charge is -2.28. The molecule has 1 aliphatic heterocycles. The summed E-state index contributed by atoms with van der Waals surface area (Å²) in [5.41, 5.74) is 5.64. The Morgan fingerprint density at radius 2 is 2.12 bits per heavy atom. The van der Waals surface area contributed by atoms with Gasteiger partial charge in [-0.2, -0.15) is 0 Å². The molecule has 0 amide bonds. The van der Waals surface area contributed by atoms with Crippen LogP contribution in [0, 0.1) is 6.92 Å². The highest BCUT2D eigenvalue weighted by atomic mass is 35.5. The highest BCUT2D eigenvalue weighted by Gasteiger charge is 2.19. The minimum absolute atomic E-state index is 0.594. The van der Waals surface area contributed by atoms with Gasteiger partial charge in [0, 0.05) is 48.8 Å². The van der Waals surface area contributed by atoms with E-state index in [4.69, 9.17) is 11.6 Å². The molecule has 2 aromatic heterocycles. The van der Waals surface area contributed by atoms with E-state index in [1.165, 1.54) is 16.8 Å². The molecule has 0 saturated carbocycles. The maximum atomic E-state index is 6.44. The number of pyridine rings is 1. The Morgan fingerprint density at radius 3 is 2.96 bits per heavy atom. The van der Waals surface area contributed by atoms with Crippen LogP contribution >= 0.6 is 23.4 Å². The first kappa shape index (κ1) is 16.8. The second-order valence-electron chi connectivity index (χ2n) is 6.42. The molecule has 0 atom stereocenters. The number of thioether (sulfide) groups is 1. The van der Waals surface area contributed by atoms with Gasteiger partial charge >= 0.3 is 0 Å². The third-order valence-corrected chi connectivity index (χ3v) is 5.45. The summed E-state index contributed by atoms with van der Waals surface area (Å²) in [5.74, 6) is 0. The number of benzene rings is 1. The van der Waals surface area contributed by atoms with Crippen molar-refractivity contribution < 1.29 is 0 Å². The van der Waals surface area contributed by atoms with Crippen molar-refractivity contribution in [2.24, 2.45) is 0 Å². The number of rotatable bonds is 3. The van der Waals surface area contributed by atoms with Gasteiger partial charge < -0.3 is 0 Å². The molecular formula is C19H19ClN4S. The van der Waals surface area contributed by atoms with E-state index >= 15 is 0 Å². The van der Waals surface area contributed by atoms with Crippen LogP contribution < -0.4 is 0 Å². The molecule has 0 fully saturated rings. The summed E-state index contributed by atoms with van der Waals surface area (Å²) in [7, 11) is 0. The van der Waals surface area contributed by atoms with Crippen LogP contribution in [-0.4, -0.2) is 32.7 Å². The molecule has 0 N–H and O–H groups in total. The zero-order valence-electron chi connectivity index (χ0n) is 14.3. The molecule has 3 aromatic rings. The van der Waals surface area contributed by atoms with E-state index in [0.29, 0.717) is 5.15 Å². The largest absolute Gasteiger partial charge is 0.294 e. The van der Waals surface area contributed by atoms with Crippen molar-refractivity contribution in [3.63, 3.8) is 0 Å². The van der Waals surface area contributed by atoms with E-state index in [2.05, 4.69) is 45.0 Å². The molecule has 1 aliphatic rings. The van der Waals surface area contributed by atoms with Crippen LogP contribution in [0.2, 0.25) is 5.15 Å². The predicted octanol–water partition coefficient (Wildman–Crippen LogP) is 4.27. The van der Waals surface area contributed by atoms with Gasteiger partial charge in [-0.05, 0) is 31.4 Å². The molecule has 4 nitrogen and oxygen atoms in total. The molecule has 25 heavy (non-hydrogen) atoms. The van der Waals surface area contributed by atoms with Crippen molar-refractivity contribution in [3.05, 3.63) is 58.0 Å². The average Bonchev–Trinajstić information content (AvgIpc) is 2.62. The summed E-state index contributed by atoms with van der Waals surface area (Å²) < 4.78 is 0. The monoisotopic (exact) mass is 370 g/mol. The van der Waals surface area contributed by atoms with Crippen LogP contribution in [0.4, 0.5) is 0 Å². The Balaban J connectivity index is 1.58. The molecule has 0 bridgehead atoms. The SMILES string of the molecule is CSc1ncc2c(n1)CCN(Cc1cc3cc(C)ccc3nc1Cl)C2. The number of hydrogen-bond donors (Lipinski definition) is 0. The van der Waals surface area contributed by atoms with Crippen molar-refractivity contribution in [3.8, 4) is 0 Å². The molecule has 0 aliphatic carbocycles. The third-order valence-electron chi connectivity index (χ3n) is 4.56. The Kier molecular flexibility index (Phi) is 4.63. The predicted molar refractivity (Wildman–Crippen MR) is 103 cm³/mol. The Hall–Kier alpha value is -1.69. The maximum absolute atomic E-state index is 6.44. The maximum Gasteiger partial charge on any atom is 0.187 e. The lowest BCUT2D eigenvalue weighted by Crippen LogP contribution is -2.31. The smallest absolute Gasteiger partial charge is 0.187 e. The number of aryl methyl sites for hydroxylation is 1. The first-order chi connectivity index (χ1) is 12.1. The van der Waals surface area contributed by atoms with E-state index in [0.717, 1.165) is 47.7 Å². The summed E-state index contributed by atoms with van der Waals surface area (Å²) in [6, 6.07) is 8.42. The van der Waals surface area contributed by atoms with Gasteiger partial charge in [-0.15, -0.1) is 0 Å². The van der Waals surface area contributed by atoms with Crippen molar-refractivity contribution >= 4 is 34.3 Å². The van der Waals surface area contributed by atoms with Crippen molar-refractivity contribution in [1.29, 1.82) is 0 Å². The van der Waals surface area contributed by atoms with E-state index < -0.39 is 0 Å². The molecule has 128 valence electrons. The van der Waals surface area contributed by atoms with Gasteiger partial charge in [-0.3, -0.25) is 4.90 Å². The number of nitrogens with zero attached hydrogens (tertiary/aromatic N) is 4. The quantitative estimate of drug-likeness (QED) is 0.391. The minimum atomic E-state index is 0.594. The van der Waals surface area contributed by atoms with Gasteiger partial charge in [0.25, 0.3) is 0 Å². The zero-order valence-corrected chi connectivity index (χ0v) is 15.9. The Labute approximate surface area is 156 Å². The van der Waals surface area contributed by atoms with E-state index in [9.17, 15) is 0 Å². The first-order valence-electron chi connectivity index (χ1n) is 8.29. The molecular weight excluding hydrogens is 352 g/mol. The van der Waals surface area contributed by atoms with Crippen LogP contribution in [0.25, 0.3) is 10.9 Å². The van der Waals surface area contributed by atoms with Gasteiger partial charge in [-0.1, -0.05) is 35.0 Å². The number of fused-ring (bicyclic) bond motifs is 2. The van der Waals surface area contributed by atoms with Gasteiger partial charge in [0.1, 0.15) is 5.15 Å². The summed E-state index contributed by atoms with van der Waals surface area (Å²) in [5, 5.41) is 2.59.